The van der Waals surface area contributed by atoms with Crippen molar-refractivity contribution in [3.63, 3.8) is 0 Å². The van der Waals surface area contributed by atoms with Gasteiger partial charge < -0.3 is 5.32 Å². The van der Waals surface area contributed by atoms with Crippen LogP contribution in [-0.2, 0) is 6.42 Å². The average Bonchev–Trinajstić information content (AvgIpc) is 2.42. The summed E-state index contributed by atoms with van der Waals surface area (Å²) < 4.78 is 0. The maximum atomic E-state index is 3.61. The second-order valence-corrected chi connectivity index (χ2v) is 6.65. The minimum Gasteiger partial charge on any atom is -0.382 e. The average molecular weight is 279 g/mol. The van der Waals surface area contributed by atoms with Crippen LogP contribution in [0.15, 0.2) is 36.4 Å². The lowest BCUT2D eigenvalue weighted by atomic mass is 9.81. The van der Waals surface area contributed by atoms with Gasteiger partial charge in [0.05, 0.1) is 0 Å². The molecule has 1 aliphatic rings. The summed E-state index contributed by atoms with van der Waals surface area (Å²) in [6, 6.07) is 14.0. The number of benzene rings is 2. The predicted molar refractivity (Wildman–Crippen MR) is 91.2 cm³/mol. The van der Waals surface area contributed by atoms with Crippen LogP contribution >= 0.6 is 0 Å². The SMILES string of the molecule is Cc1cc(C)c(CC2CC(C)Nc3ccccc32)c(C)c1. The summed E-state index contributed by atoms with van der Waals surface area (Å²) in [5, 5.41) is 3.61. The fourth-order valence-electron chi connectivity index (χ4n) is 3.83. The fraction of sp³-hybridized carbons (Fsp3) is 0.400. The van der Waals surface area contributed by atoms with Crippen molar-refractivity contribution in [2.75, 3.05) is 5.32 Å². The zero-order chi connectivity index (χ0) is 15.0. The number of nitrogens with one attached hydrogen (secondary N) is 1. The normalized spacial score (nSPS) is 20.8. The van der Waals surface area contributed by atoms with Crippen molar-refractivity contribution in [2.45, 2.75) is 52.5 Å². The first-order chi connectivity index (χ1) is 10.0. The smallest absolute Gasteiger partial charge is 0.0377 e. The van der Waals surface area contributed by atoms with Gasteiger partial charge in [0, 0.05) is 11.7 Å². The first-order valence-electron chi connectivity index (χ1n) is 7.97. The molecular weight excluding hydrogens is 254 g/mol. The van der Waals surface area contributed by atoms with Crippen molar-refractivity contribution in [2.24, 2.45) is 0 Å². The largest absolute Gasteiger partial charge is 0.382 e. The minimum absolute atomic E-state index is 0.552. The van der Waals surface area contributed by atoms with Crippen LogP contribution in [-0.4, -0.2) is 6.04 Å². The molecule has 0 aliphatic carbocycles. The highest BCUT2D eigenvalue weighted by molar-refractivity contribution is 5.56. The van der Waals surface area contributed by atoms with Gasteiger partial charge >= 0.3 is 0 Å². The van der Waals surface area contributed by atoms with Gasteiger partial charge in [0.2, 0.25) is 0 Å². The molecule has 1 heteroatoms. The van der Waals surface area contributed by atoms with Crippen molar-refractivity contribution < 1.29 is 0 Å². The van der Waals surface area contributed by atoms with Gasteiger partial charge in [0.25, 0.3) is 0 Å². The van der Waals surface area contributed by atoms with Crippen LogP contribution in [0, 0.1) is 20.8 Å². The zero-order valence-electron chi connectivity index (χ0n) is 13.5. The lowest BCUT2D eigenvalue weighted by Gasteiger charge is -2.32. The van der Waals surface area contributed by atoms with Gasteiger partial charge in [-0.1, -0.05) is 35.9 Å². The summed E-state index contributed by atoms with van der Waals surface area (Å²) in [4.78, 5) is 0. The Bertz CT molecular complexity index is 634. The van der Waals surface area contributed by atoms with Crippen molar-refractivity contribution >= 4 is 5.69 Å². The summed E-state index contributed by atoms with van der Waals surface area (Å²) in [7, 11) is 0. The van der Waals surface area contributed by atoms with Gasteiger partial charge in [-0.25, -0.2) is 0 Å². The monoisotopic (exact) mass is 279 g/mol. The second-order valence-electron chi connectivity index (χ2n) is 6.65. The Balaban J connectivity index is 1.96. The number of hydrogen-bond donors (Lipinski definition) is 1. The van der Waals surface area contributed by atoms with Crippen molar-refractivity contribution in [3.8, 4) is 0 Å². The lowest BCUT2D eigenvalue weighted by molar-refractivity contribution is 0.549. The van der Waals surface area contributed by atoms with Crippen LogP contribution in [0.25, 0.3) is 0 Å². The molecule has 3 rings (SSSR count). The lowest BCUT2D eigenvalue weighted by Crippen LogP contribution is -2.26. The van der Waals surface area contributed by atoms with Crippen LogP contribution in [0.4, 0.5) is 5.69 Å². The molecule has 2 unspecified atom stereocenters. The molecule has 21 heavy (non-hydrogen) atoms. The molecule has 0 saturated carbocycles. The van der Waals surface area contributed by atoms with Gasteiger partial charge in [0.1, 0.15) is 0 Å². The van der Waals surface area contributed by atoms with E-state index in [9.17, 15) is 0 Å². The molecule has 1 N–H and O–H groups in total. The molecule has 2 atom stereocenters. The third-order valence-corrected chi connectivity index (χ3v) is 4.73. The highest BCUT2D eigenvalue weighted by atomic mass is 14.9. The first kappa shape index (κ1) is 14.2. The minimum atomic E-state index is 0.552. The quantitative estimate of drug-likeness (QED) is 0.802. The van der Waals surface area contributed by atoms with Crippen molar-refractivity contribution in [1.29, 1.82) is 0 Å². The molecule has 2 aromatic carbocycles. The van der Waals surface area contributed by atoms with E-state index in [-0.39, 0.29) is 0 Å². The Morgan fingerprint density at radius 1 is 1.05 bits per heavy atom. The Morgan fingerprint density at radius 2 is 1.71 bits per heavy atom. The summed E-state index contributed by atoms with van der Waals surface area (Å²) in [5.74, 6) is 0.623. The molecule has 0 bridgehead atoms. The molecule has 0 radical (unpaired) electrons. The maximum Gasteiger partial charge on any atom is 0.0377 e. The topological polar surface area (TPSA) is 12.0 Å². The standard InChI is InChI=1S/C20H25N/c1-13-9-14(2)19(15(3)10-13)12-17-11-16(4)21-20-8-6-5-7-18(17)20/h5-10,16-17,21H,11-12H2,1-4H3. The number of anilines is 1. The molecular formula is C20H25N. The molecule has 2 aromatic rings. The molecule has 0 spiro atoms. The number of hydrogen-bond acceptors (Lipinski definition) is 1. The maximum absolute atomic E-state index is 3.61. The van der Waals surface area contributed by atoms with E-state index in [0.717, 1.165) is 6.42 Å². The van der Waals surface area contributed by atoms with Crippen molar-refractivity contribution in [3.05, 3.63) is 64.2 Å². The molecule has 1 heterocycles. The van der Waals surface area contributed by atoms with Crippen LogP contribution in [0.2, 0.25) is 0 Å². The highest BCUT2D eigenvalue weighted by Crippen LogP contribution is 2.37. The Kier molecular flexibility index (Phi) is 3.75. The molecule has 110 valence electrons. The molecule has 1 aliphatic heterocycles. The number of fused-ring (bicyclic) bond motifs is 1. The van der Waals surface area contributed by atoms with Gasteiger partial charge in [-0.3, -0.25) is 0 Å². The van der Waals surface area contributed by atoms with E-state index < -0.39 is 0 Å². The van der Waals surface area contributed by atoms with Gasteiger partial charge in [0.15, 0.2) is 0 Å². The second kappa shape index (κ2) is 5.55. The molecule has 0 fully saturated rings. The van der Waals surface area contributed by atoms with E-state index in [1.807, 2.05) is 0 Å². The van der Waals surface area contributed by atoms with E-state index in [0.29, 0.717) is 12.0 Å². The Hall–Kier alpha value is -1.76. The Morgan fingerprint density at radius 3 is 2.43 bits per heavy atom. The summed E-state index contributed by atoms with van der Waals surface area (Å²) in [5.41, 5.74) is 8.59. The molecule has 0 saturated heterocycles. The van der Waals surface area contributed by atoms with Gasteiger partial charge in [-0.15, -0.1) is 0 Å². The van der Waals surface area contributed by atoms with E-state index in [1.54, 1.807) is 0 Å². The highest BCUT2D eigenvalue weighted by Gasteiger charge is 2.24. The van der Waals surface area contributed by atoms with Gasteiger partial charge in [-0.05, 0) is 74.8 Å². The van der Waals surface area contributed by atoms with E-state index in [4.69, 9.17) is 0 Å². The van der Waals surface area contributed by atoms with Crippen LogP contribution in [0.1, 0.15) is 47.1 Å². The number of rotatable bonds is 2. The fourth-order valence-corrected chi connectivity index (χ4v) is 3.83. The molecule has 1 nitrogen and oxygen atoms in total. The Labute approximate surface area is 128 Å². The molecule has 0 amide bonds. The van der Waals surface area contributed by atoms with E-state index in [1.165, 1.54) is 39.9 Å². The zero-order valence-corrected chi connectivity index (χ0v) is 13.5. The predicted octanol–water partition coefficient (Wildman–Crippen LogP) is 5.14. The third-order valence-electron chi connectivity index (χ3n) is 4.73. The van der Waals surface area contributed by atoms with Crippen LogP contribution < -0.4 is 5.32 Å². The van der Waals surface area contributed by atoms with Crippen LogP contribution in [0.3, 0.4) is 0 Å². The number of aryl methyl sites for hydroxylation is 3. The van der Waals surface area contributed by atoms with E-state index >= 15 is 0 Å². The third kappa shape index (κ3) is 2.83. The summed E-state index contributed by atoms with van der Waals surface area (Å²) in [6.45, 7) is 8.99. The molecule has 0 aromatic heterocycles. The summed E-state index contributed by atoms with van der Waals surface area (Å²) in [6.07, 6.45) is 2.37. The number of para-hydroxylation sites is 1. The summed E-state index contributed by atoms with van der Waals surface area (Å²) >= 11 is 0. The first-order valence-corrected chi connectivity index (χ1v) is 7.97. The van der Waals surface area contributed by atoms with Crippen molar-refractivity contribution in [1.82, 2.24) is 0 Å². The van der Waals surface area contributed by atoms with E-state index in [2.05, 4.69) is 69.4 Å². The van der Waals surface area contributed by atoms with Gasteiger partial charge in [-0.2, -0.15) is 0 Å². The van der Waals surface area contributed by atoms with Crippen LogP contribution in [0.5, 0.6) is 0 Å².